The fourth-order valence-electron chi connectivity index (χ4n) is 2.62. The van der Waals surface area contributed by atoms with E-state index in [-0.39, 0.29) is 0 Å². The van der Waals surface area contributed by atoms with Crippen LogP contribution in [0.2, 0.25) is 0 Å². The lowest BCUT2D eigenvalue weighted by Crippen LogP contribution is -2.24. The van der Waals surface area contributed by atoms with Crippen LogP contribution < -0.4 is 9.46 Å². The van der Waals surface area contributed by atoms with Crippen LogP contribution >= 0.6 is 11.8 Å². The lowest BCUT2D eigenvalue weighted by Gasteiger charge is -2.11. The summed E-state index contributed by atoms with van der Waals surface area (Å²) in [7, 11) is -1.54. The topological polar surface area (TPSA) is 68.3 Å². The predicted octanol–water partition coefficient (Wildman–Crippen LogP) is 3.55. The molecule has 0 bridgehead atoms. The van der Waals surface area contributed by atoms with Gasteiger partial charge < -0.3 is 4.74 Å². The van der Waals surface area contributed by atoms with Crippen molar-refractivity contribution >= 4 is 32.7 Å². The molecule has 3 aromatic rings. The first kappa shape index (κ1) is 18.7. The smallest absolute Gasteiger partial charge is 0.208 e. The van der Waals surface area contributed by atoms with Crippen LogP contribution in [0.1, 0.15) is 0 Å². The number of rotatable bonds is 7. The van der Waals surface area contributed by atoms with Crippen molar-refractivity contribution in [3.8, 4) is 16.9 Å². The van der Waals surface area contributed by atoms with Crippen molar-refractivity contribution in [1.29, 1.82) is 0 Å². The zero-order valence-corrected chi connectivity index (χ0v) is 16.2. The summed E-state index contributed by atoms with van der Waals surface area (Å²) < 4.78 is 30.2. The predicted molar refractivity (Wildman–Crippen MR) is 107 cm³/mol. The number of thioether (sulfide) groups is 1. The number of methoxy groups -OCH3 is 1. The fraction of sp³-hybridized carbons (Fsp3) is 0.211. The van der Waals surface area contributed by atoms with Crippen molar-refractivity contribution in [2.45, 2.75) is 5.03 Å². The minimum absolute atomic E-state index is 0.363. The first-order valence-corrected chi connectivity index (χ1v) is 11.0. The number of hydrogen-bond donors (Lipinski definition) is 1. The first-order chi connectivity index (χ1) is 12.5. The molecule has 0 aliphatic carbocycles. The van der Waals surface area contributed by atoms with Gasteiger partial charge in [0.15, 0.2) is 0 Å². The van der Waals surface area contributed by atoms with E-state index in [9.17, 15) is 8.42 Å². The average molecular weight is 389 g/mol. The van der Waals surface area contributed by atoms with Gasteiger partial charge in [0.2, 0.25) is 10.0 Å². The fourth-order valence-corrected chi connectivity index (χ4v) is 4.00. The Hall–Kier alpha value is -2.09. The molecular weight excluding hydrogens is 368 g/mol. The van der Waals surface area contributed by atoms with Crippen molar-refractivity contribution in [3.05, 3.63) is 54.6 Å². The van der Waals surface area contributed by atoms with Crippen molar-refractivity contribution in [1.82, 2.24) is 9.71 Å². The second-order valence-electron chi connectivity index (χ2n) is 5.77. The number of ether oxygens (including phenoxy) is 1. The van der Waals surface area contributed by atoms with Gasteiger partial charge in [0.25, 0.3) is 0 Å². The zero-order valence-electron chi connectivity index (χ0n) is 14.6. The quantitative estimate of drug-likeness (QED) is 0.495. The lowest BCUT2D eigenvalue weighted by atomic mass is 10.0. The highest BCUT2D eigenvalue weighted by Crippen LogP contribution is 2.33. The van der Waals surface area contributed by atoms with Gasteiger partial charge in [0.1, 0.15) is 5.75 Å². The van der Waals surface area contributed by atoms with E-state index < -0.39 is 10.0 Å². The Bertz CT molecular complexity index is 1010. The molecule has 136 valence electrons. The Morgan fingerprint density at radius 3 is 2.58 bits per heavy atom. The number of sulfonamides is 1. The van der Waals surface area contributed by atoms with Crippen molar-refractivity contribution in [2.24, 2.45) is 0 Å². The molecule has 3 rings (SSSR count). The molecule has 0 saturated carbocycles. The molecule has 0 unspecified atom stereocenters. The molecule has 0 aliphatic rings. The molecule has 0 spiro atoms. The minimum Gasteiger partial charge on any atom is -0.497 e. The third kappa shape index (κ3) is 4.75. The summed E-state index contributed by atoms with van der Waals surface area (Å²) in [6.07, 6.45) is 1.16. The third-order valence-corrected chi connectivity index (χ3v) is 5.44. The molecular formula is C19H20N2O3S2. The highest BCUT2D eigenvalue weighted by molar-refractivity contribution is 7.99. The van der Waals surface area contributed by atoms with Crippen molar-refractivity contribution < 1.29 is 13.2 Å². The third-order valence-electron chi connectivity index (χ3n) is 3.79. The van der Waals surface area contributed by atoms with Gasteiger partial charge in [-0.25, -0.2) is 18.1 Å². The maximum absolute atomic E-state index is 11.2. The Kier molecular flexibility index (Phi) is 5.80. The van der Waals surface area contributed by atoms with E-state index in [1.165, 1.54) is 11.8 Å². The second-order valence-corrected chi connectivity index (χ2v) is 8.72. The molecule has 0 fully saturated rings. The van der Waals surface area contributed by atoms with E-state index in [0.717, 1.165) is 39.1 Å². The molecule has 0 atom stereocenters. The number of pyridine rings is 1. The second kappa shape index (κ2) is 8.07. The van der Waals surface area contributed by atoms with E-state index in [0.29, 0.717) is 12.3 Å². The van der Waals surface area contributed by atoms with Gasteiger partial charge in [0, 0.05) is 23.8 Å². The van der Waals surface area contributed by atoms with Crippen LogP contribution in [-0.4, -0.2) is 39.1 Å². The number of benzene rings is 2. The number of nitrogens with zero attached hydrogens (tertiary/aromatic N) is 1. The maximum Gasteiger partial charge on any atom is 0.208 e. The molecule has 1 N–H and O–H groups in total. The standard InChI is InChI=1S/C19H20N2O3S2/c1-24-15-8-9-16-17(14-6-4-3-5-7-14)13-19(21-18(16)12-15)25-11-10-20-26(2,22)23/h3-9,12-13,20H,10-11H2,1-2H3. The highest BCUT2D eigenvalue weighted by atomic mass is 32.2. The van der Waals surface area contributed by atoms with Crippen LogP contribution in [0.4, 0.5) is 0 Å². The Labute approximate surface area is 157 Å². The van der Waals surface area contributed by atoms with Gasteiger partial charge in [-0.1, -0.05) is 30.3 Å². The largest absolute Gasteiger partial charge is 0.497 e. The molecule has 0 amide bonds. The Morgan fingerprint density at radius 2 is 1.88 bits per heavy atom. The van der Waals surface area contributed by atoms with Crippen LogP contribution in [-0.2, 0) is 10.0 Å². The molecule has 26 heavy (non-hydrogen) atoms. The van der Waals surface area contributed by atoms with Gasteiger partial charge in [-0.3, -0.25) is 0 Å². The molecule has 0 aliphatic heterocycles. The SMILES string of the molecule is COc1ccc2c(-c3ccccc3)cc(SCCNS(C)(=O)=O)nc2c1. The summed E-state index contributed by atoms with van der Waals surface area (Å²) >= 11 is 1.52. The van der Waals surface area contributed by atoms with Crippen LogP contribution in [0, 0.1) is 0 Å². The van der Waals surface area contributed by atoms with Gasteiger partial charge in [0.05, 0.1) is 23.9 Å². The van der Waals surface area contributed by atoms with Crippen LogP contribution in [0.3, 0.4) is 0 Å². The van der Waals surface area contributed by atoms with Crippen molar-refractivity contribution in [2.75, 3.05) is 25.7 Å². The zero-order chi connectivity index (χ0) is 18.6. The minimum atomic E-state index is -3.17. The Morgan fingerprint density at radius 1 is 1.12 bits per heavy atom. The van der Waals surface area contributed by atoms with Crippen LogP contribution in [0.5, 0.6) is 5.75 Å². The molecule has 5 nitrogen and oxygen atoms in total. The summed E-state index contributed by atoms with van der Waals surface area (Å²) in [4.78, 5) is 4.71. The summed E-state index contributed by atoms with van der Waals surface area (Å²) in [6.45, 7) is 0.363. The number of fused-ring (bicyclic) bond motifs is 1. The number of aromatic nitrogens is 1. The van der Waals surface area contributed by atoms with Gasteiger partial charge in [-0.15, -0.1) is 11.8 Å². The molecule has 1 aromatic heterocycles. The molecule has 0 radical (unpaired) electrons. The van der Waals surface area contributed by atoms with E-state index in [1.54, 1.807) is 7.11 Å². The number of nitrogens with one attached hydrogen (secondary N) is 1. The summed E-state index contributed by atoms with van der Waals surface area (Å²) in [5.41, 5.74) is 3.06. The van der Waals surface area contributed by atoms with Crippen LogP contribution in [0.15, 0.2) is 59.6 Å². The van der Waals surface area contributed by atoms with E-state index in [2.05, 4.69) is 22.9 Å². The average Bonchev–Trinajstić information content (AvgIpc) is 2.64. The van der Waals surface area contributed by atoms with E-state index in [1.807, 2.05) is 36.4 Å². The summed E-state index contributed by atoms with van der Waals surface area (Å²) in [5, 5.41) is 1.90. The highest BCUT2D eigenvalue weighted by Gasteiger charge is 2.10. The van der Waals surface area contributed by atoms with Gasteiger partial charge in [-0.05, 0) is 29.3 Å². The van der Waals surface area contributed by atoms with E-state index >= 15 is 0 Å². The lowest BCUT2D eigenvalue weighted by molar-refractivity contribution is 0.415. The summed E-state index contributed by atoms with van der Waals surface area (Å²) in [6, 6.07) is 18.1. The van der Waals surface area contributed by atoms with E-state index in [4.69, 9.17) is 9.72 Å². The maximum atomic E-state index is 11.2. The normalized spacial score (nSPS) is 11.6. The van der Waals surface area contributed by atoms with Crippen LogP contribution in [0.25, 0.3) is 22.0 Å². The molecule has 0 saturated heterocycles. The van der Waals surface area contributed by atoms with Gasteiger partial charge >= 0.3 is 0 Å². The molecule has 7 heteroatoms. The Balaban J connectivity index is 1.96. The van der Waals surface area contributed by atoms with Crippen molar-refractivity contribution in [3.63, 3.8) is 0 Å². The molecule has 1 heterocycles. The van der Waals surface area contributed by atoms with Gasteiger partial charge in [-0.2, -0.15) is 0 Å². The monoisotopic (exact) mass is 388 g/mol. The molecule has 2 aromatic carbocycles. The first-order valence-electron chi connectivity index (χ1n) is 8.08. The number of hydrogen-bond acceptors (Lipinski definition) is 5. The summed E-state index contributed by atoms with van der Waals surface area (Å²) in [5.74, 6) is 1.36.